The van der Waals surface area contributed by atoms with E-state index in [1.54, 1.807) is 0 Å². The highest BCUT2D eigenvalue weighted by molar-refractivity contribution is 8.00. The molecule has 0 bridgehead atoms. The highest BCUT2D eigenvalue weighted by Crippen LogP contribution is 2.52. The smallest absolute Gasteiger partial charge is 0.0280 e. The maximum Gasteiger partial charge on any atom is 0.0280 e. The standard InChI is InChI=1S/C36H24S2/c1-3-13-25(14-4-1)27-19-11-21-31-29-17-7-9-23-33(29)37-34-24-10-8-18-30(34)32-22-12-20-28(36(32)38-35(27)31)26-15-5-2-6-16-26/h1-24H. The summed E-state index contributed by atoms with van der Waals surface area (Å²) < 4.78 is 0. The zero-order chi connectivity index (χ0) is 25.3. The minimum Gasteiger partial charge on any atom is -0.0888 e. The Morgan fingerprint density at radius 2 is 0.632 bits per heavy atom. The van der Waals surface area contributed by atoms with Crippen LogP contribution in [0.1, 0.15) is 0 Å². The number of hydrogen-bond acceptors (Lipinski definition) is 2. The van der Waals surface area contributed by atoms with Crippen molar-refractivity contribution in [3.05, 3.63) is 146 Å². The molecule has 0 atom stereocenters. The van der Waals surface area contributed by atoms with Crippen LogP contribution in [0.4, 0.5) is 0 Å². The summed E-state index contributed by atoms with van der Waals surface area (Å²) in [4.78, 5) is 5.12. The molecule has 6 aromatic carbocycles. The first kappa shape index (κ1) is 23.2. The Hall–Kier alpha value is -3.98. The van der Waals surface area contributed by atoms with Crippen molar-refractivity contribution in [2.45, 2.75) is 19.6 Å². The monoisotopic (exact) mass is 520 g/mol. The molecule has 0 N–H and O–H groups in total. The van der Waals surface area contributed by atoms with Crippen LogP contribution in [0, 0.1) is 0 Å². The van der Waals surface area contributed by atoms with Gasteiger partial charge in [-0.05, 0) is 56.6 Å². The number of rotatable bonds is 2. The van der Waals surface area contributed by atoms with E-state index >= 15 is 0 Å². The van der Waals surface area contributed by atoms with E-state index in [1.807, 2.05) is 23.5 Å². The molecule has 0 unspecified atom stereocenters. The van der Waals surface area contributed by atoms with Crippen molar-refractivity contribution in [2.24, 2.45) is 0 Å². The van der Waals surface area contributed by atoms with Gasteiger partial charge < -0.3 is 0 Å². The minimum atomic E-state index is 1.23. The molecule has 1 heterocycles. The Balaban J connectivity index is 1.59. The molecule has 0 radical (unpaired) electrons. The average Bonchev–Trinajstić information content (AvgIpc) is 2.99. The van der Waals surface area contributed by atoms with E-state index in [0.29, 0.717) is 0 Å². The third kappa shape index (κ3) is 4.16. The molecule has 0 saturated carbocycles. The zero-order valence-corrected chi connectivity index (χ0v) is 22.3. The first-order valence-corrected chi connectivity index (χ1v) is 14.4. The summed E-state index contributed by atoms with van der Waals surface area (Å²) >= 11 is 3.76. The summed E-state index contributed by atoms with van der Waals surface area (Å²) in [5.41, 5.74) is 10.1. The normalized spacial score (nSPS) is 12.0. The van der Waals surface area contributed by atoms with Gasteiger partial charge in [-0.2, -0.15) is 0 Å². The predicted octanol–water partition coefficient (Wildman–Crippen LogP) is 11.0. The Morgan fingerprint density at radius 3 is 1.11 bits per heavy atom. The lowest BCUT2D eigenvalue weighted by atomic mass is 9.98. The van der Waals surface area contributed by atoms with E-state index < -0.39 is 0 Å². The molecule has 0 aliphatic carbocycles. The van der Waals surface area contributed by atoms with E-state index in [1.165, 1.54) is 64.1 Å². The van der Waals surface area contributed by atoms with Gasteiger partial charge in [0.1, 0.15) is 0 Å². The average molecular weight is 521 g/mol. The fourth-order valence-electron chi connectivity index (χ4n) is 5.19. The van der Waals surface area contributed by atoms with Crippen molar-refractivity contribution in [2.75, 3.05) is 0 Å². The van der Waals surface area contributed by atoms with Gasteiger partial charge in [0.25, 0.3) is 0 Å². The van der Waals surface area contributed by atoms with Crippen LogP contribution >= 0.6 is 23.5 Å². The van der Waals surface area contributed by atoms with Crippen LogP contribution < -0.4 is 0 Å². The van der Waals surface area contributed by atoms with E-state index in [9.17, 15) is 0 Å². The molecule has 180 valence electrons. The summed E-state index contributed by atoms with van der Waals surface area (Å²) in [6, 6.07) is 52.7. The van der Waals surface area contributed by atoms with Crippen LogP contribution in [-0.2, 0) is 0 Å². The highest BCUT2D eigenvalue weighted by atomic mass is 32.2. The lowest BCUT2D eigenvalue weighted by Gasteiger charge is -2.23. The third-order valence-corrected chi connectivity index (χ3v) is 9.42. The molecule has 6 aromatic rings. The number of hydrogen-bond donors (Lipinski definition) is 0. The molecular formula is C36H24S2. The fraction of sp³-hybridized carbons (Fsp3) is 0. The molecule has 1 aliphatic rings. The number of fused-ring (bicyclic) bond motifs is 6. The van der Waals surface area contributed by atoms with Gasteiger partial charge in [0.05, 0.1) is 0 Å². The second-order valence-electron chi connectivity index (χ2n) is 9.29. The molecule has 0 nitrogen and oxygen atoms in total. The topological polar surface area (TPSA) is 0 Å². The van der Waals surface area contributed by atoms with E-state index in [0.717, 1.165) is 0 Å². The van der Waals surface area contributed by atoms with Gasteiger partial charge in [-0.1, -0.05) is 157 Å². The second-order valence-corrected chi connectivity index (χ2v) is 11.4. The summed E-state index contributed by atoms with van der Waals surface area (Å²) in [5.74, 6) is 0. The first-order chi connectivity index (χ1) is 18.9. The van der Waals surface area contributed by atoms with Gasteiger partial charge >= 0.3 is 0 Å². The molecule has 0 saturated heterocycles. The van der Waals surface area contributed by atoms with Crippen LogP contribution in [0.15, 0.2) is 165 Å². The second kappa shape index (κ2) is 10.1. The lowest BCUT2D eigenvalue weighted by Crippen LogP contribution is -1.95. The lowest BCUT2D eigenvalue weighted by molar-refractivity contribution is 1.32. The molecular weight excluding hydrogens is 497 g/mol. The Labute approximate surface area is 232 Å². The fourth-order valence-corrected chi connectivity index (χ4v) is 7.66. The van der Waals surface area contributed by atoms with Crippen LogP contribution in [0.2, 0.25) is 0 Å². The van der Waals surface area contributed by atoms with Gasteiger partial charge in [0.15, 0.2) is 0 Å². The van der Waals surface area contributed by atoms with Crippen molar-refractivity contribution < 1.29 is 0 Å². The maximum absolute atomic E-state index is 2.28. The molecule has 0 fully saturated rings. The van der Waals surface area contributed by atoms with Crippen molar-refractivity contribution in [1.29, 1.82) is 0 Å². The summed E-state index contributed by atoms with van der Waals surface area (Å²) in [7, 11) is 0. The van der Waals surface area contributed by atoms with Crippen molar-refractivity contribution in [3.63, 3.8) is 0 Å². The third-order valence-electron chi connectivity index (χ3n) is 6.98. The van der Waals surface area contributed by atoms with Crippen LogP contribution in [-0.4, -0.2) is 0 Å². The Kier molecular flexibility index (Phi) is 6.13. The molecule has 38 heavy (non-hydrogen) atoms. The molecule has 1 aliphatic heterocycles. The van der Waals surface area contributed by atoms with E-state index in [2.05, 4.69) is 146 Å². The largest absolute Gasteiger partial charge is 0.0888 e. The zero-order valence-electron chi connectivity index (χ0n) is 20.7. The SMILES string of the molecule is c1ccc(-c2cccc3c2Sc2c(-c4ccccc4)cccc2-c2ccccc2Sc2ccccc2-3)cc1. The molecule has 0 spiro atoms. The van der Waals surface area contributed by atoms with Crippen molar-refractivity contribution >= 4 is 23.5 Å². The molecule has 0 amide bonds. The summed E-state index contributed by atoms with van der Waals surface area (Å²) in [6.07, 6.45) is 0. The summed E-state index contributed by atoms with van der Waals surface area (Å²) in [5, 5.41) is 0. The van der Waals surface area contributed by atoms with Gasteiger partial charge in [-0.15, -0.1) is 0 Å². The van der Waals surface area contributed by atoms with Gasteiger partial charge in [-0.3, -0.25) is 0 Å². The van der Waals surface area contributed by atoms with Crippen LogP contribution in [0.5, 0.6) is 0 Å². The van der Waals surface area contributed by atoms with E-state index in [-0.39, 0.29) is 0 Å². The molecule has 7 rings (SSSR count). The molecule has 0 aromatic heterocycles. The Morgan fingerprint density at radius 1 is 0.263 bits per heavy atom. The van der Waals surface area contributed by atoms with Crippen molar-refractivity contribution in [3.8, 4) is 44.5 Å². The van der Waals surface area contributed by atoms with E-state index in [4.69, 9.17) is 0 Å². The van der Waals surface area contributed by atoms with Gasteiger partial charge in [0.2, 0.25) is 0 Å². The Bertz CT molecular complexity index is 1620. The maximum atomic E-state index is 2.28. The van der Waals surface area contributed by atoms with Crippen LogP contribution in [0.25, 0.3) is 44.5 Å². The first-order valence-electron chi connectivity index (χ1n) is 12.8. The van der Waals surface area contributed by atoms with Gasteiger partial charge in [-0.25, -0.2) is 0 Å². The highest BCUT2D eigenvalue weighted by Gasteiger charge is 2.23. The van der Waals surface area contributed by atoms with Gasteiger partial charge in [0, 0.05) is 19.6 Å². The quantitative estimate of drug-likeness (QED) is 0.222. The van der Waals surface area contributed by atoms with Crippen molar-refractivity contribution in [1.82, 2.24) is 0 Å². The van der Waals surface area contributed by atoms with Crippen LogP contribution in [0.3, 0.4) is 0 Å². The predicted molar refractivity (Wildman–Crippen MR) is 163 cm³/mol. The number of benzene rings is 6. The summed E-state index contributed by atoms with van der Waals surface area (Å²) in [6.45, 7) is 0. The molecule has 2 heteroatoms. The minimum absolute atomic E-state index is 1.23.